The van der Waals surface area contributed by atoms with Gasteiger partial charge in [0.25, 0.3) is 0 Å². The maximum absolute atomic E-state index is 12.6. The Morgan fingerprint density at radius 1 is 0.750 bits per heavy atom. The van der Waals surface area contributed by atoms with Gasteiger partial charge in [0.1, 0.15) is 6.61 Å². The number of rotatable bonds is 10. The number of aliphatic hydroxyl groups excluding tert-OH is 1. The molecular weight excluding hydrogens is 352 g/mol. The average Bonchev–Trinajstić information content (AvgIpc) is 2.75. The van der Waals surface area contributed by atoms with Crippen LogP contribution in [0.2, 0.25) is 0 Å². The Kier molecular flexibility index (Phi) is 7.61. The van der Waals surface area contributed by atoms with Gasteiger partial charge in [-0.15, -0.1) is 0 Å². The Morgan fingerprint density at radius 3 is 1.32 bits per heavy atom. The van der Waals surface area contributed by atoms with Gasteiger partial charge < -0.3 is 20.0 Å². The first-order valence-corrected chi connectivity index (χ1v) is 10.0. The lowest BCUT2D eigenvalue weighted by Gasteiger charge is -2.29. The van der Waals surface area contributed by atoms with Crippen molar-refractivity contribution in [2.75, 3.05) is 42.6 Å². The summed E-state index contributed by atoms with van der Waals surface area (Å²) in [6, 6.07) is 14.7. The third-order valence-corrected chi connectivity index (χ3v) is 5.37. The van der Waals surface area contributed by atoms with E-state index in [0.717, 1.165) is 37.6 Å². The van der Waals surface area contributed by atoms with E-state index in [1.54, 1.807) is 24.3 Å². The fourth-order valence-corrected chi connectivity index (χ4v) is 3.61. The summed E-state index contributed by atoms with van der Waals surface area (Å²) in [6.07, 6.45) is 0. The zero-order valence-corrected chi connectivity index (χ0v) is 17.4. The molecule has 5 nitrogen and oxygen atoms in total. The normalized spacial score (nSPS) is 11.4. The highest BCUT2D eigenvalue weighted by molar-refractivity contribution is 5.92. The molecule has 0 saturated heterocycles. The molecule has 0 atom stereocenters. The van der Waals surface area contributed by atoms with Gasteiger partial charge in [0, 0.05) is 37.6 Å². The lowest BCUT2D eigenvalue weighted by molar-refractivity contribution is -0.137. The number of aliphatic hydroxyl groups is 2. The van der Waals surface area contributed by atoms with E-state index in [-0.39, 0.29) is 0 Å². The van der Waals surface area contributed by atoms with Crippen LogP contribution >= 0.6 is 0 Å². The molecule has 0 fully saturated rings. The second kappa shape index (κ2) is 9.71. The topological polar surface area (TPSA) is 64.0 Å². The van der Waals surface area contributed by atoms with Crippen LogP contribution in [0.15, 0.2) is 48.5 Å². The van der Waals surface area contributed by atoms with Gasteiger partial charge in [0.15, 0.2) is 11.4 Å². The summed E-state index contributed by atoms with van der Waals surface area (Å²) < 4.78 is 0. The highest BCUT2D eigenvalue weighted by atomic mass is 16.3. The third-order valence-electron chi connectivity index (χ3n) is 5.37. The molecule has 28 heavy (non-hydrogen) atoms. The van der Waals surface area contributed by atoms with Crippen LogP contribution < -0.4 is 9.80 Å². The predicted octanol–water partition coefficient (Wildman–Crippen LogP) is 3.18. The molecule has 0 spiro atoms. The first-order valence-electron chi connectivity index (χ1n) is 10.0. The highest BCUT2D eigenvalue weighted by Crippen LogP contribution is 2.33. The maximum atomic E-state index is 12.6. The molecule has 152 valence electrons. The maximum Gasteiger partial charge on any atom is 0.198 e. The molecule has 0 aromatic heterocycles. The minimum atomic E-state index is -1.88. The van der Waals surface area contributed by atoms with Crippen LogP contribution in [0, 0.1) is 0 Å². The van der Waals surface area contributed by atoms with E-state index in [1.165, 1.54) is 0 Å². The third kappa shape index (κ3) is 4.21. The molecule has 2 N–H and O–H groups in total. The van der Waals surface area contributed by atoms with E-state index < -0.39 is 18.0 Å². The summed E-state index contributed by atoms with van der Waals surface area (Å²) >= 11 is 0. The summed E-state index contributed by atoms with van der Waals surface area (Å²) in [6.45, 7) is 11.1. The monoisotopic (exact) mass is 384 g/mol. The molecule has 0 aliphatic heterocycles. The van der Waals surface area contributed by atoms with Crippen LogP contribution in [0.25, 0.3) is 0 Å². The summed E-state index contributed by atoms with van der Waals surface area (Å²) in [7, 11) is 0. The number of benzene rings is 2. The zero-order chi connectivity index (χ0) is 20.7. The van der Waals surface area contributed by atoms with Crippen molar-refractivity contribution in [1.29, 1.82) is 0 Å². The van der Waals surface area contributed by atoms with Crippen molar-refractivity contribution < 1.29 is 15.0 Å². The van der Waals surface area contributed by atoms with E-state index >= 15 is 0 Å². The van der Waals surface area contributed by atoms with Gasteiger partial charge in [-0.1, -0.05) is 24.3 Å². The summed E-state index contributed by atoms with van der Waals surface area (Å²) in [5.74, 6) is -0.640. The number of hydrogen-bond acceptors (Lipinski definition) is 5. The Labute approximate surface area is 168 Å². The Balaban J connectivity index is 2.45. The van der Waals surface area contributed by atoms with Gasteiger partial charge in [0.05, 0.1) is 0 Å². The molecule has 0 heterocycles. The zero-order valence-electron chi connectivity index (χ0n) is 17.4. The van der Waals surface area contributed by atoms with E-state index in [2.05, 4.69) is 37.5 Å². The second-order valence-electron chi connectivity index (χ2n) is 6.73. The Bertz CT molecular complexity index is 693. The van der Waals surface area contributed by atoms with Crippen LogP contribution in [-0.2, 0) is 10.4 Å². The molecule has 0 amide bonds. The number of ketones is 1. The molecule has 0 bridgehead atoms. The van der Waals surface area contributed by atoms with E-state index in [9.17, 15) is 15.0 Å². The number of carbonyl (C=O) groups excluding carboxylic acids is 1. The lowest BCUT2D eigenvalue weighted by Crippen LogP contribution is -2.39. The summed E-state index contributed by atoms with van der Waals surface area (Å²) in [4.78, 5) is 17.0. The SMILES string of the molecule is CCN(CC)c1ccc(C(O)(C(=O)CO)c2ccc(N(CC)CC)cc2)cc1. The van der Waals surface area contributed by atoms with Crippen molar-refractivity contribution in [3.63, 3.8) is 0 Å². The van der Waals surface area contributed by atoms with Gasteiger partial charge in [-0.2, -0.15) is 0 Å². The van der Waals surface area contributed by atoms with E-state index in [0.29, 0.717) is 11.1 Å². The van der Waals surface area contributed by atoms with Gasteiger partial charge in [-0.3, -0.25) is 4.79 Å². The minimum Gasteiger partial charge on any atom is -0.388 e. The van der Waals surface area contributed by atoms with Crippen molar-refractivity contribution in [3.8, 4) is 0 Å². The first-order chi connectivity index (χ1) is 13.5. The van der Waals surface area contributed by atoms with Crippen molar-refractivity contribution in [3.05, 3.63) is 59.7 Å². The van der Waals surface area contributed by atoms with Crippen LogP contribution in [0.1, 0.15) is 38.8 Å². The second-order valence-corrected chi connectivity index (χ2v) is 6.73. The van der Waals surface area contributed by atoms with Crippen molar-refractivity contribution in [2.45, 2.75) is 33.3 Å². The van der Waals surface area contributed by atoms with Gasteiger partial charge >= 0.3 is 0 Å². The number of hydrogen-bond donors (Lipinski definition) is 2. The molecule has 5 heteroatoms. The highest BCUT2D eigenvalue weighted by Gasteiger charge is 2.39. The van der Waals surface area contributed by atoms with Crippen molar-refractivity contribution in [2.24, 2.45) is 0 Å². The van der Waals surface area contributed by atoms with E-state index in [4.69, 9.17) is 0 Å². The van der Waals surface area contributed by atoms with Crippen LogP contribution in [0.3, 0.4) is 0 Å². The quantitative estimate of drug-likeness (QED) is 0.659. The Morgan fingerprint density at radius 2 is 1.07 bits per heavy atom. The number of carbonyl (C=O) groups is 1. The lowest BCUT2D eigenvalue weighted by atomic mass is 9.82. The summed E-state index contributed by atoms with van der Waals surface area (Å²) in [5, 5.41) is 20.9. The molecule has 0 aliphatic carbocycles. The number of nitrogens with zero attached hydrogens (tertiary/aromatic N) is 2. The molecule has 0 saturated carbocycles. The molecule has 0 unspecified atom stereocenters. The van der Waals surface area contributed by atoms with Crippen molar-refractivity contribution >= 4 is 17.2 Å². The number of Topliss-reactive ketones (excluding diaryl/α,β-unsaturated/α-hetero) is 1. The Hall–Kier alpha value is -2.37. The predicted molar refractivity (Wildman–Crippen MR) is 115 cm³/mol. The standard InChI is InChI=1S/C23H32N2O3/c1-5-24(6-2)20-13-9-18(10-14-20)23(28,22(27)17-26)19-11-15-21(16-12-19)25(7-3)8-4/h9-16,26,28H,5-8,17H2,1-4H3. The molecule has 0 radical (unpaired) electrons. The van der Waals surface area contributed by atoms with E-state index in [1.807, 2.05) is 24.3 Å². The van der Waals surface area contributed by atoms with Gasteiger partial charge in [-0.25, -0.2) is 0 Å². The average molecular weight is 385 g/mol. The van der Waals surface area contributed by atoms with Crippen LogP contribution in [-0.4, -0.2) is 48.8 Å². The number of anilines is 2. The largest absolute Gasteiger partial charge is 0.388 e. The summed E-state index contributed by atoms with van der Waals surface area (Å²) in [5.41, 5.74) is 1.10. The van der Waals surface area contributed by atoms with Gasteiger partial charge in [-0.05, 0) is 63.1 Å². The molecule has 2 aromatic rings. The fourth-order valence-electron chi connectivity index (χ4n) is 3.61. The van der Waals surface area contributed by atoms with Crippen molar-refractivity contribution in [1.82, 2.24) is 0 Å². The molecule has 0 aliphatic rings. The minimum absolute atomic E-state index is 0.457. The van der Waals surface area contributed by atoms with Crippen LogP contribution in [0.5, 0.6) is 0 Å². The fraction of sp³-hybridized carbons (Fsp3) is 0.435. The molecule has 2 rings (SSSR count). The van der Waals surface area contributed by atoms with Gasteiger partial charge in [0.2, 0.25) is 0 Å². The van der Waals surface area contributed by atoms with Crippen LogP contribution in [0.4, 0.5) is 11.4 Å². The smallest absolute Gasteiger partial charge is 0.198 e. The molecular formula is C23H32N2O3. The molecule has 2 aromatic carbocycles. The first kappa shape index (κ1) is 21.9.